The van der Waals surface area contributed by atoms with Gasteiger partial charge in [0.05, 0.1) is 24.1 Å². The molecule has 1 saturated carbocycles. The van der Waals surface area contributed by atoms with Gasteiger partial charge in [0, 0.05) is 6.20 Å². The summed E-state index contributed by atoms with van der Waals surface area (Å²) < 4.78 is 0. The van der Waals surface area contributed by atoms with Gasteiger partial charge < -0.3 is 15.7 Å². The second-order valence-electron chi connectivity index (χ2n) is 5.05. The van der Waals surface area contributed by atoms with Crippen LogP contribution < -0.4 is 10.6 Å². The molecule has 0 aromatic carbocycles. The first-order valence-corrected chi connectivity index (χ1v) is 6.59. The minimum absolute atomic E-state index is 0.217. The van der Waals surface area contributed by atoms with Crippen LogP contribution in [0.15, 0.2) is 12.4 Å². The van der Waals surface area contributed by atoms with E-state index in [1.807, 2.05) is 6.92 Å². The van der Waals surface area contributed by atoms with Crippen molar-refractivity contribution in [1.29, 1.82) is 0 Å². The van der Waals surface area contributed by atoms with Crippen molar-refractivity contribution in [2.75, 3.05) is 0 Å². The van der Waals surface area contributed by atoms with Gasteiger partial charge in [0.15, 0.2) is 0 Å². The summed E-state index contributed by atoms with van der Waals surface area (Å²) in [6.45, 7) is 2.04. The van der Waals surface area contributed by atoms with Gasteiger partial charge >= 0.3 is 12.0 Å². The molecule has 108 valence electrons. The van der Waals surface area contributed by atoms with Crippen molar-refractivity contribution in [3.63, 3.8) is 0 Å². The van der Waals surface area contributed by atoms with E-state index in [1.54, 1.807) is 12.4 Å². The van der Waals surface area contributed by atoms with Crippen LogP contribution in [0.4, 0.5) is 4.79 Å². The number of aliphatic carboxylic acids is 1. The molecular formula is C13H18N4O3. The number of carboxylic acid groups (broad SMARTS) is 1. The van der Waals surface area contributed by atoms with Gasteiger partial charge in [-0.3, -0.25) is 9.97 Å². The Bertz CT molecular complexity index is 495. The molecule has 1 aliphatic carbocycles. The zero-order valence-electron chi connectivity index (χ0n) is 11.3. The Balaban J connectivity index is 1.89. The maximum Gasteiger partial charge on any atom is 0.329 e. The lowest BCUT2D eigenvalue weighted by molar-refractivity contribution is -0.144. The Morgan fingerprint density at radius 1 is 1.30 bits per heavy atom. The van der Waals surface area contributed by atoms with Crippen molar-refractivity contribution in [3.8, 4) is 0 Å². The summed E-state index contributed by atoms with van der Waals surface area (Å²) >= 11 is 0. The van der Waals surface area contributed by atoms with E-state index < -0.39 is 17.5 Å². The lowest BCUT2D eigenvalue weighted by Gasteiger charge is -2.25. The highest BCUT2D eigenvalue weighted by atomic mass is 16.4. The first-order chi connectivity index (χ1) is 9.52. The predicted octanol–water partition coefficient (Wildman–Crippen LogP) is 0.982. The van der Waals surface area contributed by atoms with Crippen molar-refractivity contribution in [3.05, 3.63) is 23.8 Å². The van der Waals surface area contributed by atoms with Crippen LogP contribution in [0.2, 0.25) is 0 Å². The maximum absolute atomic E-state index is 11.8. The van der Waals surface area contributed by atoms with Crippen molar-refractivity contribution in [2.24, 2.45) is 0 Å². The third-order valence-corrected chi connectivity index (χ3v) is 3.48. The molecule has 0 spiro atoms. The van der Waals surface area contributed by atoms with Crippen LogP contribution in [0.25, 0.3) is 0 Å². The SMILES string of the molecule is Cc1cnc(CNC(=O)NC2(C(=O)O)CCCC2)cn1. The molecule has 0 aliphatic heterocycles. The zero-order chi connectivity index (χ0) is 14.6. The van der Waals surface area contributed by atoms with Gasteiger partial charge in [0.1, 0.15) is 5.54 Å². The molecular weight excluding hydrogens is 260 g/mol. The summed E-state index contributed by atoms with van der Waals surface area (Å²) in [6, 6.07) is -0.489. The van der Waals surface area contributed by atoms with Gasteiger partial charge in [-0.1, -0.05) is 12.8 Å². The fourth-order valence-electron chi connectivity index (χ4n) is 2.31. The molecule has 1 aromatic heterocycles. The summed E-state index contributed by atoms with van der Waals surface area (Å²) in [5, 5.41) is 14.4. The van der Waals surface area contributed by atoms with Crippen molar-refractivity contribution >= 4 is 12.0 Å². The summed E-state index contributed by atoms with van der Waals surface area (Å²) in [7, 11) is 0. The van der Waals surface area contributed by atoms with E-state index >= 15 is 0 Å². The molecule has 1 aromatic rings. The largest absolute Gasteiger partial charge is 0.480 e. The molecule has 2 amide bonds. The molecule has 0 saturated heterocycles. The molecule has 0 atom stereocenters. The number of amides is 2. The van der Waals surface area contributed by atoms with Crippen LogP contribution >= 0.6 is 0 Å². The Kier molecular flexibility index (Phi) is 4.16. The van der Waals surface area contributed by atoms with Crippen LogP contribution in [0.1, 0.15) is 37.1 Å². The quantitative estimate of drug-likeness (QED) is 0.761. The molecule has 7 nitrogen and oxygen atoms in total. The highest BCUT2D eigenvalue weighted by Gasteiger charge is 2.42. The fourth-order valence-corrected chi connectivity index (χ4v) is 2.31. The number of urea groups is 1. The van der Waals surface area contributed by atoms with Gasteiger partial charge in [0.2, 0.25) is 0 Å². The Labute approximate surface area is 116 Å². The Morgan fingerprint density at radius 2 is 2.00 bits per heavy atom. The minimum Gasteiger partial charge on any atom is -0.480 e. The maximum atomic E-state index is 11.8. The monoisotopic (exact) mass is 278 g/mol. The average molecular weight is 278 g/mol. The number of rotatable bonds is 4. The second kappa shape index (κ2) is 5.85. The molecule has 20 heavy (non-hydrogen) atoms. The fraction of sp³-hybridized carbons (Fsp3) is 0.538. The highest BCUT2D eigenvalue weighted by Crippen LogP contribution is 2.29. The number of aromatic nitrogens is 2. The summed E-state index contributed by atoms with van der Waals surface area (Å²) in [5.41, 5.74) is 0.304. The Hall–Kier alpha value is -2.18. The summed E-state index contributed by atoms with van der Waals surface area (Å²) in [6.07, 6.45) is 5.77. The molecule has 7 heteroatoms. The van der Waals surface area contributed by atoms with Crippen LogP contribution in [0.3, 0.4) is 0 Å². The topological polar surface area (TPSA) is 104 Å². The molecule has 1 aliphatic rings. The average Bonchev–Trinajstić information content (AvgIpc) is 2.88. The first kappa shape index (κ1) is 14.2. The second-order valence-corrected chi connectivity index (χ2v) is 5.05. The highest BCUT2D eigenvalue weighted by molar-refractivity contribution is 5.86. The third kappa shape index (κ3) is 3.23. The molecule has 0 bridgehead atoms. The molecule has 1 fully saturated rings. The number of carboxylic acids is 1. The van der Waals surface area contributed by atoms with Crippen LogP contribution in [0.5, 0.6) is 0 Å². The van der Waals surface area contributed by atoms with Gasteiger partial charge in [-0.05, 0) is 19.8 Å². The van der Waals surface area contributed by atoms with Crippen molar-refractivity contribution in [1.82, 2.24) is 20.6 Å². The van der Waals surface area contributed by atoms with Gasteiger partial charge in [-0.15, -0.1) is 0 Å². The lowest BCUT2D eigenvalue weighted by atomic mass is 9.98. The van der Waals surface area contributed by atoms with Gasteiger partial charge in [-0.2, -0.15) is 0 Å². The number of hydrogen-bond donors (Lipinski definition) is 3. The normalized spacial score (nSPS) is 16.6. The van der Waals surface area contributed by atoms with E-state index in [0.717, 1.165) is 18.5 Å². The Morgan fingerprint density at radius 3 is 2.55 bits per heavy atom. The third-order valence-electron chi connectivity index (χ3n) is 3.48. The number of aryl methyl sites for hydroxylation is 1. The van der Waals surface area contributed by atoms with E-state index in [1.165, 1.54) is 0 Å². The van der Waals surface area contributed by atoms with E-state index in [4.69, 9.17) is 0 Å². The van der Waals surface area contributed by atoms with E-state index in [0.29, 0.717) is 18.5 Å². The predicted molar refractivity (Wildman–Crippen MR) is 71.0 cm³/mol. The number of carbonyl (C=O) groups is 2. The number of carbonyl (C=O) groups excluding carboxylic acids is 1. The molecule has 3 N–H and O–H groups in total. The van der Waals surface area contributed by atoms with Crippen molar-refractivity contribution < 1.29 is 14.7 Å². The lowest BCUT2D eigenvalue weighted by Crippen LogP contribution is -2.55. The summed E-state index contributed by atoms with van der Waals surface area (Å²) in [4.78, 5) is 31.3. The van der Waals surface area contributed by atoms with E-state index in [-0.39, 0.29) is 6.54 Å². The molecule has 0 radical (unpaired) electrons. The molecule has 1 heterocycles. The van der Waals surface area contributed by atoms with Crippen LogP contribution in [-0.2, 0) is 11.3 Å². The molecule has 2 rings (SSSR count). The number of hydrogen-bond acceptors (Lipinski definition) is 4. The van der Waals surface area contributed by atoms with Crippen molar-refractivity contribution in [2.45, 2.75) is 44.7 Å². The first-order valence-electron chi connectivity index (χ1n) is 6.59. The van der Waals surface area contributed by atoms with Gasteiger partial charge in [0.25, 0.3) is 0 Å². The number of nitrogens with zero attached hydrogens (tertiary/aromatic N) is 2. The minimum atomic E-state index is -1.12. The zero-order valence-corrected chi connectivity index (χ0v) is 11.3. The van der Waals surface area contributed by atoms with Crippen LogP contribution in [0, 0.1) is 6.92 Å². The van der Waals surface area contributed by atoms with Gasteiger partial charge in [-0.25, -0.2) is 9.59 Å². The smallest absolute Gasteiger partial charge is 0.329 e. The standard InChI is InChI=1S/C13H18N4O3/c1-9-6-15-10(7-14-9)8-16-12(20)17-13(11(18)19)4-2-3-5-13/h6-7H,2-5,8H2,1H3,(H,18,19)(H2,16,17,20). The summed E-state index contributed by atoms with van der Waals surface area (Å²) in [5.74, 6) is -0.972. The van der Waals surface area contributed by atoms with Crippen LogP contribution in [-0.4, -0.2) is 32.6 Å². The van der Waals surface area contributed by atoms with E-state index in [9.17, 15) is 14.7 Å². The van der Waals surface area contributed by atoms with E-state index in [2.05, 4.69) is 20.6 Å². The number of nitrogens with one attached hydrogen (secondary N) is 2. The molecule has 0 unspecified atom stereocenters.